The number of carbonyl (C=O) groups is 1. The monoisotopic (exact) mass is 353 g/mol. The van der Waals surface area contributed by atoms with Gasteiger partial charge in [-0.1, -0.05) is 61.9 Å². The van der Waals surface area contributed by atoms with E-state index in [-0.39, 0.29) is 12.5 Å². The lowest BCUT2D eigenvalue weighted by Crippen LogP contribution is -2.33. The molecule has 0 aliphatic heterocycles. The molecule has 25 heavy (non-hydrogen) atoms. The zero-order valence-electron chi connectivity index (χ0n) is 14.4. The van der Waals surface area contributed by atoms with Crippen LogP contribution in [0.2, 0.25) is 0 Å². The summed E-state index contributed by atoms with van der Waals surface area (Å²) in [6.07, 6.45) is 1.89. The number of rotatable bonds is 7. The van der Waals surface area contributed by atoms with Gasteiger partial charge in [0.05, 0.1) is 11.5 Å². The van der Waals surface area contributed by atoms with E-state index in [2.05, 4.69) is 19.1 Å². The van der Waals surface area contributed by atoms with Crippen LogP contribution in [-0.2, 0) is 13.0 Å². The van der Waals surface area contributed by atoms with Crippen molar-refractivity contribution in [2.45, 2.75) is 26.3 Å². The summed E-state index contributed by atoms with van der Waals surface area (Å²) < 4.78 is 1.15. The molecule has 3 nitrogen and oxygen atoms in total. The van der Waals surface area contributed by atoms with Gasteiger partial charge in [0.2, 0.25) is 0 Å². The number of nitrogens with zero attached hydrogens (tertiary/aromatic N) is 1. The van der Waals surface area contributed by atoms with Gasteiger partial charge in [-0.25, -0.2) is 0 Å². The number of fused-ring (bicyclic) bond motifs is 1. The minimum absolute atomic E-state index is 0.0163. The number of hydrogen-bond acceptors (Lipinski definition) is 3. The summed E-state index contributed by atoms with van der Waals surface area (Å²) in [6, 6.07) is 18.1. The van der Waals surface area contributed by atoms with Crippen LogP contribution in [0.1, 0.15) is 34.1 Å². The predicted octanol–water partition coefficient (Wildman–Crippen LogP) is 4.49. The maximum atomic E-state index is 13.2. The third kappa shape index (κ3) is 3.91. The second-order valence-electron chi connectivity index (χ2n) is 6.09. The van der Waals surface area contributed by atoms with Gasteiger partial charge in [-0.2, -0.15) is 0 Å². The zero-order valence-corrected chi connectivity index (χ0v) is 15.3. The topological polar surface area (TPSA) is 40.5 Å². The van der Waals surface area contributed by atoms with E-state index in [1.165, 1.54) is 5.39 Å². The minimum atomic E-state index is -0.0351. The fourth-order valence-electron chi connectivity index (χ4n) is 3.09. The van der Waals surface area contributed by atoms with E-state index in [0.717, 1.165) is 33.5 Å². The molecule has 3 aromatic rings. The standard InChI is InChI=1S/C21H23NO2S/c1-2-8-18-17-11-6-7-12-19(17)25-20(18)21(24)22(13-14-23)15-16-9-4-3-5-10-16/h3-7,9-12,23H,2,8,13-15H2,1H3. The lowest BCUT2D eigenvalue weighted by atomic mass is 10.1. The molecule has 3 rings (SSSR count). The van der Waals surface area contributed by atoms with Gasteiger partial charge in [-0.05, 0) is 29.0 Å². The van der Waals surface area contributed by atoms with E-state index in [4.69, 9.17) is 0 Å². The van der Waals surface area contributed by atoms with Crippen molar-refractivity contribution in [3.63, 3.8) is 0 Å². The number of aliphatic hydroxyl groups excluding tert-OH is 1. The minimum Gasteiger partial charge on any atom is -0.395 e. The van der Waals surface area contributed by atoms with Gasteiger partial charge in [-0.3, -0.25) is 4.79 Å². The summed E-state index contributed by atoms with van der Waals surface area (Å²) in [6.45, 7) is 2.95. The highest BCUT2D eigenvalue weighted by atomic mass is 32.1. The fourth-order valence-corrected chi connectivity index (χ4v) is 4.31. The summed E-state index contributed by atoms with van der Waals surface area (Å²) >= 11 is 1.56. The maximum Gasteiger partial charge on any atom is 0.264 e. The Bertz CT molecular complexity index is 841. The molecule has 0 saturated heterocycles. The number of benzene rings is 2. The average molecular weight is 353 g/mol. The number of amides is 1. The third-order valence-corrected chi connectivity index (χ3v) is 5.47. The van der Waals surface area contributed by atoms with E-state index < -0.39 is 0 Å². The van der Waals surface area contributed by atoms with Gasteiger partial charge in [0.1, 0.15) is 0 Å². The van der Waals surface area contributed by atoms with E-state index in [1.807, 2.05) is 42.5 Å². The predicted molar refractivity (Wildman–Crippen MR) is 104 cm³/mol. The van der Waals surface area contributed by atoms with Crippen LogP contribution < -0.4 is 0 Å². The van der Waals surface area contributed by atoms with Crippen LogP contribution in [0, 0.1) is 0 Å². The maximum absolute atomic E-state index is 13.2. The van der Waals surface area contributed by atoms with E-state index in [9.17, 15) is 9.90 Å². The summed E-state index contributed by atoms with van der Waals surface area (Å²) in [5, 5.41) is 10.6. The van der Waals surface area contributed by atoms with E-state index >= 15 is 0 Å². The van der Waals surface area contributed by atoms with Crippen molar-refractivity contribution in [1.29, 1.82) is 0 Å². The van der Waals surface area contributed by atoms with Crippen LogP contribution in [0.5, 0.6) is 0 Å². The molecule has 0 radical (unpaired) electrons. The number of hydrogen-bond donors (Lipinski definition) is 1. The number of thiophene rings is 1. The van der Waals surface area contributed by atoms with Crippen LogP contribution in [-0.4, -0.2) is 29.1 Å². The van der Waals surface area contributed by atoms with Crippen molar-refractivity contribution in [1.82, 2.24) is 4.90 Å². The van der Waals surface area contributed by atoms with Gasteiger partial charge in [0.15, 0.2) is 0 Å². The molecule has 1 N–H and O–H groups in total. The summed E-state index contributed by atoms with van der Waals surface area (Å²) in [5.74, 6) is 0.0163. The Kier molecular flexibility index (Phi) is 5.84. The largest absolute Gasteiger partial charge is 0.395 e. The Hall–Kier alpha value is -2.17. The van der Waals surface area contributed by atoms with Crippen LogP contribution in [0.15, 0.2) is 54.6 Å². The molecule has 2 aromatic carbocycles. The third-order valence-electron chi connectivity index (χ3n) is 4.27. The first-order valence-corrected chi connectivity index (χ1v) is 9.50. The lowest BCUT2D eigenvalue weighted by molar-refractivity contribution is 0.0712. The molecule has 0 fully saturated rings. The smallest absolute Gasteiger partial charge is 0.264 e. The van der Waals surface area contributed by atoms with Crippen molar-refractivity contribution >= 4 is 27.3 Å². The Balaban J connectivity index is 1.96. The molecule has 0 saturated carbocycles. The zero-order chi connectivity index (χ0) is 17.6. The Morgan fingerprint density at radius 2 is 1.80 bits per heavy atom. The highest BCUT2D eigenvalue weighted by molar-refractivity contribution is 7.21. The second-order valence-corrected chi connectivity index (χ2v) is 7.14. The number of aliphatic hydroxyl groups is 1. The van der Waals surface area contributed by atoms with Gasteiger partial charge >= 0.3 is 0 Å². The van der Waals surface area contributed by atoms with E-state index in [0.29, 0.717) is 13.1 Å². The number of aryl methyl sites for hydroxylation is 1. The molecule has 0 spiro atoms. The van der Waals surface area contributed by atoms with Gasteiger partial charge in [0, 0.05) is 17.8 Å². The van der Waals surface area contributed by atoms with Crippen molar-refractivity contribution in [2.24, 2.45) is 0 Å². The lowest BCUT2D eigenvalue weighted by Gasteiger charge is -2.22. The van der Waals surface area contributed by atoms with Crippen molar-refractivity contribution < 1.29 is 9.90 Å². The van der Waals surface area contributed by atoms with E-state index in [1.54, 1.807) is 16.2 Å². The van der Waals surface area contributed by atoms with Gasteiger partial charge in [0.25, 0.3) is 5.91 Å². The highest BCUT2D eigenvalue weighted by Gasteiger charge is 2.22. The van der Waals surface area contributed by atoms with Crippen molar-refractivity contribution in [3.8, 4) is 0 Å². The SMILES string of the molecule is CCCc1c(C(=O)N(CCO)Cc2ccccc2)sc2ccccc12. The Labute approximate surface area is 152 Å². The quantitative estimate of drug-likeness (QED) is 0.680. The first-order valence-electron chi connectivity index (χ1n) is 8.69. The van der Waals surface area contributed by atoms with Crippen molar-refractivity contribution in [3.05, 3.63) is 70.6 Å². The highest BCUT2D eigenvalue weighted by Crippen LogP contribution is 2.33. The molecule has 1 aromatic heterocycles. The molecule has 0 atom stereocenters. The van der Waals surface area contributed by atoms with Crippen LogP contribution in [0.4, 0.5) is 0 Å². The summed E-state index contributed by atoms with van der Waals surface area (Å²) in [4.78, 5) is 15.8. The summed E-state index contributed by atoms with van der Waals surface area (Å²) in [5.41, 5.74) is 2.21. The molecule has 130 valence electrons. The molecule has 1 amide bonds. The molecule has 1 heterocycles. The molecule has 0 aliphatic rings. The Morgan fingerprint density at radius 1 is 1.08 bits per heavy atom. The molecular weight excluding hydrogens is 330 g/mol. The van der Waals surface area contributed by atoms with Crippen LogP contribution in [0.3, 0.4) is 0 Å². The van der Waals surface area contributed by atoms with Crippen LogP contribution >= 0.6 is 11.3 Å². The summed E-state index contributed by atoms with van der Waals surface area (Å²) in [7, 11) is 0. The molecule has 4 heteroatoms. The molecular formula is C21H23NO2S. The number of carbonyl (C=O) groups excluding carboxylic acids is 1. The average Bonchev–Trinajstić information content (AvgIpc) is 3.01. The van der Waals surface area contributed by atoms with Crippen molar-refractivity contribution in [2.75, 3.05) is 13.2 Å². The second kappa shape index (κ2) is 8.28. The first-order chi connectivity index (χ1) is 12.2. The van der Waals surface area contributed by atoms with Gasteiger partial charge < -0.3 is 10.0 Å². The molecule has 0 unspecified atom stereocenters. The molecule has 0 aliphatic carbocycles. The fraction of sp³-hybridized carbons (Fsp3) is 0.286. The van der Waals surface area contributed by atoms with Gasteiger partial charge in [-0.15, -0.1) is 11.3 Å². The molecule has 0 bridgehead atoms. The Morgan fingerprint density at radius 3 is 2.52 bits per heavy atom. The van der Waals surface area contributed by atoms with Crippen LogP contribution in [0.25, 0.3) is 10.1 Å². The normalized spacial score (nSPS) is 11.0. The first kappa shape index (κ1) is 17.6.